The SMILES string of the molecule is CCc1nncn1-c1ccccc1OCC(=O)Nc1cc(C)cc2cccnc12. The molecule has 29 heavy (non-hydrogen) atoms. The largest absolute Gasteiger partial charge is 0.482 e. The van der Waals surface area contributed by atoms with Crippen LogP contribution in [0.3, 0.4) is 0 Å². The van der Waals surface area contributed by atoms with Crippen molar-refractivity contribution in [3.8, 4) is 11.4 Å². The topological polar surface area (TPSA) is 81.9 Å². The molecule has 0 aliphatic carbocycles. The number of fused-ring (bicyclic) bond motifs is 1. The van der Waals surface area contributed by atoms with E-state index in [1.807, 2.05) is 66.9 Å². The lowest BCUT2D eigenvalue weighted by Gasteiger charge is -2.14. The predicted octanol–water partition coefficient (Wildman–Crippen LogP) is 3.70. The first-order valence-corrected chi connectivity index (χ1v) is 9.42. The number of ether oxygens (including phenoxy) is 1. The standard InChI is InChI=1S/C22H21N5O2/c1-3-20-26-24-14-27(20)18-8-4-5-9-19(18)29-13-21(28)25-17-12-15(2)11-16-7-6-10-23-22(16)17/h4-12,14H,3,13H2,1-2H3,(H,25,28). The van der Waals surface area contributed by atoms with Crippen LogP contribution < -0.4 is 10.1 Å². The molecule has 146 valence electrons. The van der Waals surface area contributed by atoms with Crippen molar-refractivity contribution in [3.05, 3.63) is 72.4 Å². The zero-order valence-electron chi connectivity index (χ0n) is 16.3. The molecule has 0 saturated carbocycles. The first-order valence-electron chi connectivity index (χ1n) is 9.42. The summed E-state index contributed by atoms with van der Waals surface area (Å²) in [6.45, 7) is 3.87. The Hall–Kier alpha value is -3.74. The van der Waals surface area contributed by atoms with Crippen molar-refractivity contribution in [2.24, 2.45) is 0 Å². The Morgan fingerprint density at radius 2 is 2.03 bits per heavy atom. The van der Waals surface area contributed by atoms with E-state index in [9.17, 15) is 4.79 Å². The number of hydrogen-bond acceptors (Lipinski definition) is 5. The van der Waals surface area contributed by atoms with Crippen molar-refractivity contribution in [1.82, 2.24) is 19.7 Å². The van der Waals surface area contributed by atoms with Gasteiger partial charge in [-0.3, -0.25) is 14.3 Å². The summed E-state index contributed by atoms with van der Waals surface area (Å²) in [5.74, 6) is 1.16. The molecule has 4 rings (SSSR count). The van der Waals surface area contributed by atoms with Crippen molar-refractivity contribution < 1.29 is 9.53 Å². The van der Waals surface area contributed by atoms with Gasteiger partial charge in [0.1, 0.15) is 17.9 Å². The Balaban J connectivity index is 1.52. The quantitative estimate of drug-likeness (QED) is 0.545. The van der Waals surface area contributed by atoms with E-state index in [-0.39, 0.29) is 12.5 Å². The van der Waals surface area contributed by atoms with Gasteiger partial charge in [0.15, 0.2) is 6.61 Å². The number of hydrogen-bond donors (Lipinski definition) is 1. The molecule has 0 saturated heterocycles. The Morgan fingerprint density at radius 1 is 1.17 bits per heavy atom. The van der Waals surface area contributed by atoms with Gasteiger partial charge in [-0.1, -0.05) is 25.1 Å². The minimum Gasteiger partial charge on any atom is -0.482 e. The zero-order chi connectivity index (χ0) is 20.2. The third-order valence-electron chi connectivity index (χ3n) is 4.54. The average molecular weight is 387 g/mol. The molecule has 0 aliphatic rings. The van der Waals surface area contributed by atoms with Crippen LogP contribution in [0.25, 0.3) is 16.6 Å². The summed E-state index contributed by atoms with van der Waals surface area (Å²) in [5.41, 5.74) is 3.27. The third kappa shape index (κ3) is 3.94. The number of benzene rings is 2. The molecule has 1 N–H and O–H groups in total. The van der Waals surface area contributed by atoms with Crippen LogP contribution in [0.1, 0.15) is 18.3 Å². The molecule has 7 heteroatoms. The number of anilines is 1. The van der Waals surface area contributed by atoms with E-state index < -0.39 is 0 Å². The molecule has 0 bridgehead atoms. The minimum atomic E-state index is -0.253. The van der Waals surface area contributed by atoms with E-state index >= 15 is 0 Å². The fourth-order valence-electron chi connectivity index (χ4n) is 3.25. The highest BCUT2D eigenvalue weighted by atomic mass is 16.5. The highest BCUT2D eigenvalue weighted by Crippen LogP contribution is 2.25. The van der Waals surface area contributed by atoms with Crippen molar-refractivity contribution in [1.29, 1.82) is 0 Å². The Bertz CT molecular complexity index is 1170. The van der Waals surface area contributed by atoms with E-state index in [1.54, 1.807) is 12.5 Å². The minimum absolute atomic E-state index is 0.122. The van der Waals surface area contributed by atoms with Gasteiger partial charge in [0.25, 0.3) is 5.91 Å². The fraction of sp³-hybridized carbons (Fsp3) is 0.182. The molecular weight excluding hydrogens is 366 g/mol. The maximum Gasteiger partial charge on any atom is 0.262 e. The van der Waals surface area contributed by atoms with Gasteiger partial charge in [-0.05, 0) is 42.8 Å². The summed E-state index contributed by atoms with van der Waals surface area (Å²) in [4.78, 5) is 17.0. The van der Waals surface area contributed by atoms with E-state index in [0.29, 0.717) is 11.4 Å². The summed E-state index contributed by atoms with van der Waals surface area (Å²) >= 11 is 0. The van der Waals surface area contributed by atoms with Crippen molar-refractivity contribution in [3.63, 3.8) is 0 Å². The number of amides is 1. The number of nitrogens with zero attached hydrogens (tertiary/aromatic N) is 4. The van der Waals surface area contributed by atoms with E-state index in [1.165, 1.54) is 0 Å². The molecule has 2 aromatic carbocycles. The molecule has 2 heterocycles. The molecule has 7 nitrogen and oxygen atoms in total. The first-order chi connectivity index (χ1) is 14.2. The second kappa shape index (κ2) is 8.10. The lowest BCUT2D eigenvalue weighted by molar-refractivity contribution is -0.118. The highest BCUT2D eigenvalue weighted by molar-refractivity contribution is 6.01. The molecule has 0 radical (unpaired) electrons. The number of pyridine rings is 1. The maximum atomic E-state index is 12.6. The normalized spacial score (nSPS) is 10.8. The zero-order valence-corrected chi connectivity index (χ0v) is 16.3. The van der Waals surface area contributed by atoms with Crippen LogP contribution >= 0.6 is 0 Å². The van der Waals surface area contributed by atoms with Crippen LogP contribution in [0.4, 0.5) is 5.69 Å². The number of carbonyl (C=O) groups excluding carboxylic acids is 1. The number of carbonyl (C=O) groups is 1. The monoisotopic (exact) mass is 387 g/mol. The lowest BCUT2D eigenvalue weighted by atomic mass is 10.1. The summed E-state index contributed by atoms with van der Waals surface area (Å²) in [5, 5.41) is 12.0. The Morgan fingerprint density at radius 3 is 2.90 bits per heavy atom. The van der Waals surface area contributed by atoms with Gasteiger partial charge < -0.3 is 10.1 Å². The number of rotatable bonds is 6. The van der Waals surface area contributed by atoms with Gasteiger partial charge >= 0.3 is 0 Å². The van der Waals surface area contributed by atoms with E-state index in [0.717, 1.165) is 34.4 Å². The van der Waals surface area contributed by atoms with Gasteiger partial charge in [-0.15, -0.1) is 10.2 Å². The molecule has 0 aliphatic heterocycles. The lowest BCUT2D eigenvalue weighted by Crippen LogP contribution is -2.21. The third-order valence-corrected chi connectivity index (χ3v) is 4.54. The van der Waals surface area contributed by atoms with Gasteiger partial charge in [0.2, 0.25) is 0 Å². The van der Waals surface area contributed by atoms with Gasteiger partial charge in [-0.2, -0.15) is 0 Å². The van der Waals surface area contributed by atoms with Crippen molar-refractivity contribution in [2.45, 2.75) is 20.3 Å². The van der Waals surface area contributed by atoms with Crippen LogP contribution in [-0.4, -0.2) is 32.3 Å². The molecule has 1 amide bonds. The van der Waals surface area contributed by atoms with Crippen LogP contribution in [0, 0.1) is 6.92 Å². The molecule has 0 spiro atoms. The van der Waals surface area contributed by atoms with Gasteiger partial charge in [-0.25, -0.2) is 0 Å². The highest BCUT2D eigenvalue weighted by Gasteiger charge is 2.13. The maximum absolute atomic E-state index is 12.6. The molecule has 0 fully saturated rings. The molecule has 0 atom stereocenters. The van der Waals surface area contributed by atoms with Crippen LogP contribution in [0.15, 0.2) is 61.1 Å². The van der Waals surface area contributed by atoms with Crippen molar-refractivity contribution >= 4 is 22.5 Å². The average Bonchev–Trinajstić information content (AvgIpc) is 3.21. The summed E-state index contributed by atoms with van der Waals surface area (Å²) < 4.78 is 7.69. The summed E-state index contributed by atoms with van der Waals surface area (Å²) in [7, 11) is 0. The van der Waals surface area contributed by atoms with Crippen molar-refractivity contribution in [2.75, 3.05) is 11.9 Å². The Labute approximate surface area is 168 Å². The smallest absolute Gasteiger partial charge is 0.262 e. The van der Waals surface area contributed by atoms with E-state index in [4.69, 9.17) is 4.74 Å². The first kappa shape index (κ1) is 18.6. The van der Waals surface area contributed by atoms with Crippen LogP contribution in [0.2, 0.25) is 0 Å². The summed E-state index contributed by atoms with van der Waals surface area (Å²) in [6, 6.07) is 15.3. The molecule has 0 unspecified atom stereocenters. The summed E-state index contributed by atoms with van der Waals surface area (Å²) in [6.07, 6.45) is 4.10. The number of aryl methyl sites for hydroxylation is 2. The number of aromatic nitrogens is 4. The molecular formula is C22H21N5O2. The second-order valence-electron chi connectivity index (χ2n) is 6.66. The van der Waals surface area contributed by atoms with Crippen LogP contribution in [-0.2, 0) is 11.2 Å². The molecule has 2 aromatic heterocycles. The Kier molecular flexibility index (Phi) is 5.20. The van der Waals surface area contributed by atoms with E-state index in [2.05, 4.69) is 20.5 Å². The van der Waals surface area contributed by atoms with Crippen LogP contribution in [0.5, 0.6) is 5.75 Å². The van der Waals surface area contributed by atoms with Gasteiger partial charge in [0.05, 0.1) is 16.9 Å². The van der Waals surface area contributed by atoms with Gasteiger partial charge in [0, 0.05) is 18.0 Å². The predicted molar refractivity (Wildman–Crippen MR) is 111 cm³/mol. The second-order valence-corrected chi connectivity index (χ2v) is 6.66. The fourth-order valence-corrected chi connectivity index (χ4v) is 3.25. The number of nitrogens with one attached hydrogen (secondary N) is 1. The number of para-hydroxylation sites is 2. The molecule has 4 aromatic rings.